The Morgan fingerprint density at radius 3 is 2.80 bits per heavy atom. The van der Waals surface area contributed by atoms with Gasteiger partial charge in [-0.3, -0.25) is 4.98 Å². The molecule has 0 saturated heterocycles. The Bertz CT molecular complexity index is 599. The lowest BCUT2D eigenvalue weighted by Gasteiger charge is -2.42. The Morgan fingerprint density at radius 2 is 2.20 bits per heavy atom. The van der Waals surface area contributed by atoms with Gasteiger partial charge in [-0.15, -0.1) is 0 Å². The fourth-order valence-corrected chi connectivity index (χ4v) is 3.52. The highest BCUT2D eigenvalue weighted by atomic mass is 16.6. The minimum absolute atomic E-state index is 0.0727. The third kappa shape index (κ3) is 4.63. The van der Waals surface area contributed by atoms with Crippen molar-refractivity contribution in [1.29, 1.82) is 0 Å². The molecule has 1 aliphatic rings. The van der Waals surface area contributed by atoms with Crippen LogP contribution >= 0.6 is 0 Å². The molecule has 2 unspecified atom stereocenters. The fraction of sp³-hybridized carbons (Fsp3) is 0.684. The first-order chi connectivity index (χ1) is 11.7. The summed E-state index contributed by atoms with van der Waals surface area (Å²) in [4.78, 5) is 18.3. The van der Waals surface area contributed by atoms with E-state index in [0.717, 1.165) is 18.4 Å². The van der Waals surface area contributed by atoms with E-state index in [9.17, 15) is 9.90 Å². The van der Waals surface area contributed by atoms with Gasteiger partial charge in [-0.25, -0.2) is 4.79 Å². The van der Waals surface area contributed by atoms with Gasteiger partial charge in [-0.1, -0.05) is 0 Å². The van der Waals surface area contributed by atoms with Crippen LogP contribution in [0.25, 0.3) is 0 Å². The standard InChI is InChI=1S/C19H30N2O4/c1-6-21(17(22)25-18(2,3)4)14-8-7-10-19(23,12-14)15-9-11-20-13-16(15)24-5/h9,11,13-14,23H,6-8,10,12H2,1-5H3. The van der Waals surface area contributed by atoms with E-state index in [0.29, 0.717) is 25.1 Å². The Balaban J connectivity index is 2.22. The Morgan fingerprint density at radius 1 is 1.48 bits per heavy atom. The number of methoxy groups -OCH3 is 1. The molecule has 0 radical (unpaired) electrons. The van der Waals surface area contributed by atoms with Crippen LogP contribution in [0.2, 0.25) is 0 Å². The lowest BCUT2D eigenvalue weighted by Crippen LogP contribution is -2.48. The van der Waals surface area contributed by atoms with Crippen molar-refractivity contribution in [3.63, 3.8) is 0 Å². The van der Waals surface area contributed by atoms with Crippen LogP contribution < -0.4 is 4.74 Å². The van der Waals surface area contributed by atoms with Crippen molar-refractivity contribution in [2.75, 3.05) is 13.7 Å². The predicted octanol–water partition coefficient (Wildman–Crippen LogP) is 3.48. The molecule has 25 heavy (non-hydrogen) atoms. The molecule has 1 aromatic rings. The van der Waals surface area contributed by atoms with E-state index >= 15 is 0 Å². The van der Waals surface area contributed by atoms with E-state index in [-0.39, 0.29) is 12.1 Å². The number of ether oxygens (including phenoxy) is 2. The van der Waals surface area contributed by atoms with Crippen LogP contribution in [0.4, 0.5) is 4.79 Å². The third-order valence-electron chi connectivity index (χ3n) is 4.62. The minimum atomic E-state index is -1.04. The number of aliphatic hydroxyl groups is 1. The van der Waals surface area contributed by atoms with Crippen LogP contribution in [-0.2, 0) is 10.3 Å². The van der Waals surface area contributed by atoms with Gasteiger partial charge in [0.2, 0.25) is 0 Å². The maximum absolute atomic E-state index is 12.5. The summed E-state index contributed by atoms with van der Waals surface area (Å²) in [5.41, 5.74) is -0.842. The van der Waals surface area contributed by atoms with Gasteiger partial charge in [-0.2, -0.15) is 0 Å². The number of carbonyl (C=O) groups excluding carboxylic acids is 1. The van der Waals surface area contributed by atoms with Gasteiger partial charge in [-0.05, 0) is 53.0 Å². The highest BCUT2D eigenvalue weighted by molar-refractivity contribution is 5.68. The van der Waals surface area contributed by atoms with Gasteiger partial charge in [0.1, 0.15) is 11.4 Å². The summed E-state index contributed by atoms with van der Waals surface area (Å²) >= 11 is 0. The summed E-state index contributed by atoms with van der Waals surface area (Å²) in [5.74, 6) is 0.575. The number of carbonyl (C=O) groups is 1. The van der Waals surface area contributed by atoms with Gasteiger partial charge in [0.15, 0.2) is 0 Å². The number of pyridine rings is 1. The number of rotatable bonds is 4. The molecule has 1 aliphatic carbocycles. The van der Waals surface area contributed by atoms with Crippen molar-refractivity contribution >= 4 is 6.09 Å². The molecule has 1 aromatic heterocycles. The van der Waals surface area contributed by atoms with Crippen molar-refractivity contribution in [3.8, 4) is 5.75 Å². The molecule has 1 fully saturated rings. The normalized spacial score (nSPS) is 23.8. The average molecular weight is 350 g/mol. The summed E-state index contributed by atoms with van der Waals surface area (Å²) in [6.45, 7) is 8.06. The zero-order valence-electron chi connectivity index (χ0n) is 15.9. The number of amides is 1. The second-order valence-corrected chi connectivity index (χ2v) is 7.62. The van der Waals surface area contributed by atoms with E-state index in [1.54, 1.807) is 30.5 Å². The van der Waals surface area contributed by atoms with Gasteiger partial charge in [0, 0.05) is 30.8 Å². The van der Waals surface area contributed by atoms with Crippen LogP contribution in [0.3, 0.4) is 0 Å². The first kappa shape index (κ1) is 19.5. The Labute approximate surface area is 150 Å². The lowest BCUT2D eigenvalue weighted by molar-refractivity contribution is -0.0428. The molecule has 6 heteroatoms. The number of nitrogens with zero attached hydrogens (tertiary/aromatic N) is 2. The molecular formula is C19H30N2O4. The largest absolute Gasteiger partial charge is 0.495 e. The lowest BCUT2D eigenvalue weighted by atomic mass is 9.77. The molecule has 2 atom stereocenters. The number of aromatic nitrogens is 1. The fourth-order valence-electron chi connectivity index (χ4n) is 3.52. The molecule has 2 rings (SSSR count). The summed E-state index contributed by atoms with van der Waals surface area (Å²) in [7, 11) is 1.57. The molecule has 140 valence electrons. The molecule has 0 bridgehead atoms. The van der Waals surface area contributed by atoms with Gasteiger partial charge >= 0.3 is 6.09 Å². The predicted molar refractivity (Wildman–Crippen MR) is 95.6 cm³/mol. The summed E-state index contributed by atoms with van der Waals surface area (Å²) in [6, 6.07) is 1.72. The smallest absolute Gasteiger partial charge is 0.410 e. The minimum Gasteiger partial charge on any atom is -0.495 e. The van der Waals surface area contributed by atoms with Crippen LogP contribution in [0.15, 0.2) is 18.5 Å². The summed E-state index contributed by atoms with van der Waals surface area (Å²) in [5, 5.41) is 11.3. The van der Waals surface area contributed by atoms with Crippen LogP contribution in [0, 0.1) is 0 Å². The van der Waals surface area contributed by atoms with Crippen molar-refractivity contribution in [2.24, 2.45) is 0 Å². The van der Waals surface area contributed by atoms with E-state index in [4.69, 9.17) is 9.47 Å². The van der Waals surface area contributed by atoms with Crippen molar-refractivity contribution in [3.05, 3.63) is 24.0 Å². The second kappa shape index (κ2) is 7.60. The van der Waals surface area contributed by atoms with E-state index < -0.39 is 11.2 Å². The molecule has 0 spiro atoms. The second-order valence-electron chi connectivity index (χ2n) is 7.62. The van der Waals surface area contributed by atoms with Crippen LogP contribution in [0.5, 0.6) is 5.75 Å². The van der Waals surface area contributed by atoms with E-state index in [1.165, 1.54) is 0 Å². The molecular weight excluding hydrogens is 320 g/mol. The molecule has 0 aromatic carbocycles. The van der Waals surface area contributed by atoms with Gasteiger partial charge in [0.25, 0.3) is 0 Å². The van der Waals surface area contributed by atoms with Crippen molar-refractivity contribution in [1.82, 2.24) is 9.88 Å². The summed E-state index contributed by atoms with van der Waals surface area (Å²) in [6.07, 6.45) is 5.71. The first-order valence-corrected chi connectivity index (χ1v) is 8.90. The molecule has 1 heterocycles. The topological polar surface area (TPSA) is 71.9 Å². The number of hydrogen-bond acceptors (Lipinski definition) is 5. The highest BCUT2D eigenvalue weighted by Crippen LogP contribution is 2.42. The summed E-state index contributed by atoms with van der Waals surface area (Å²) < 4.78 is 10.9. The van der Waals surface area contributed by atoms with E-state index in [2.05, 4.69) is 4.98 Å². The van der Waals surface area contributed by atoms with Gasteiger partial charge < -0.3 is 19.5 Å². The van der Waals surface area contributed by atoms with Crippen LogP contribution in [0.1, 0.15) is 58.9 Å². The van der Waals surface area contributed by atoms with Crippen molar-refractivity contribution in [2.45, 2.75) is 70.6 Å². The Hall–Kier alpha value is -1.82. The quantitative estimate of drug-likeness (QED) is 0.900. The maximum Gasteiger partial charge on any atom is 0.410 e. The highest BCUT2D eigenvalue weighted by Gasteiger charge is 2.41. The SMILES string of the molecule is CCN(C(=O)OC(C)(C)C)C1CCCC(O)(c2ccncc2OC)C1. The molecule has 1 N–H and O–H groups in total. The molecule has 0 aliphatic heterocycles. The Kier molecular flexibility index (Phi) is 5.93. The molecule has 6 nitrogen and oxygen atoms in total. The van der Waals surface area contributed by atoms with Gasteiger partial charge in [0.05, 0.1) is 18.9 Å². The zero-order valence-corrected chi connectivity index (χ0v) is 15.9. The molecule has 1 amide bonds. The third-order valence-corrected chi connectivity index (χ3v) is 4.62. The van der Waals surface area contributed by atoms with Crippen molar-refractivity contribution < 1.29 is 19.4 Å². The first-order valence-electron chi connectivity index (χ1n) is 8.90. The number of hydrogen-bond donors (Lipinski definition) is 1. The monoisotopic (exact) mass is 350 g/mol. The maximum atomic E-state index is 12.5. The zero-order chi connectivity index (χ0) is 18.7. The van der Waals surface area contributed by atoms with Crippen LogP contribution in [-0.4, -0.2) is 46.4 Å². The average Bonchev–Trinajstić information content (AvgIpc) is 2.54. The van der Waals surface area contributed by atoms with E-state index in [1.807, 2.05) is 27.7 Å². The molecule has 1 saturated carbocycles.